The number of alkyl halides is 6. The molecule has 1 amide bonds. The number of carbonyl (C=O) groups excluding carboxylic acids is 1. The van der Waals surface area contributed by atoms with E-state index in [9.17, 15) is 22.8 Å². The number of carbonyl (C=O) groups is 2. The zero-order valence-corrected chi connectivity index (χ0v) is 18.1. The van der Waals surface area contributed by atoms with Gasteiger partial charge >= 0.3 is 18.1 Å². The summed E-state index contributed by atoms with van der Waals surface area (Å²) in [6.45, 7) is -0.00270. The van der Waals surface area contributed by atoms with Crippen LogP contribution in [0.4, 0.5) is 32.0 Å². The van der Waals surface area contributed by atoms with Gasteiger partial charge in [0.2, 0.25) is 11.5 Å². The Morgan fingerprint density at radius 2 is 1.77 bits per heavy atom. The van der Waals surface area contributed by atoms with Crippen LogP contribution in [0, 0.1) is 0 Å². The van der Waals surface area contributed by atoms with Crippen LogP contribution in [0.3, 0.4) is 0 Å². The molecule has 0 unspecified atom stereocenters. The quantitative estimate of drug-likeness (QED) is 0.517. The van der Waals surface area contributed by atoms with Gasteiger partial charge in [0.05, 0.1) is 17.7 Å². The van der Waals surface area contributed by atoms with Crippen molar-refractivity contribution < 1.29 is 41.0 Å². The Kier molecular flexibility index (Phi) is 5.41. The highest BCUT2D eigenvalue weighted by molar-refractivity contribution is 6.11. The first kappa shape index (κ1) is 24.2. The zero-order chi connectivity index (χ0) is 25.9. The number of aromatic carboxylic acids is 1. The summed E-state index contributed by atoms with van der Waals surface area (Å²) in [5.41, 5.74) is -7.04. The lowest BCUT2D eigenvalue weighted by Crippen LogP contribution is -2.39. The Bertz CT molecular complexity index is 1350. The number of carboxylic acids is 1. The summed E-state index contributed by atoms with van der Waals surface area (Å²) in [5, 5.41) is 15.8. The average molecular weight is 498 g/mol. The van der Waals surface area contributed by atoms with E-state index >= 15 is 13.2 Å². The molecule has 1 aliphatic heterocycles. The third kappa shape index (κ3) is 3.80. The number of carboxylic acid groups (broad SMARTS) is 1. The van der Waals surface area contributed by atoms with Gasteiger partial charge in [0, 0.05) is 18.3 Å². The summed E-state index contributed by atoms with van der Waals surface area (Å²) in [5.74, 6) is -7.75. The number of benzene rings is 2. The third-order valence-corrected chi connectivity index (χ3v) is 5.88. The highest BCUT2D eigenvalue weighted by Crippen LogP contribution is 2.48. The molecule has 0 spiro atoms. The highest BCUT2D eigenvalue weighted by atomic mass is 19.4. The topological polar surface area (TPSA) is 88.3 Å². The summed E-state index contributed by atoms with van der Waals surface area (Å²) >= 11 is 0. The highest BCUT2D eigenvalue weighted by Gasteiger charge is 2.57. The standard InChI is InChI=1S/C22H16F6N4O3/c1-20(23,21(24,25)19-30-29-10-31(19)2)12-4-3-5-13(8-12)32-9-15-14(17(32)33)6-11(18(34)35)7-16(15)22(26,27)28/h3-8,10H,9H2,1-2H3,(H,34,35)/t20-/m1/s1. The lowest BCUT2D eigenvalue weighted by atomic mass is 9.90. The van der Waals surface area contributed by atoms with E-state index in [4.69, 9.17) is 5.11 Å². The minimum absolute atomic E-state index is 0.147. The van der Waals surface area contributed by atoms with Gasteiger partial charge < -0.3 is 14.6 Å². The van der Waals surface area contributed by atoms with Crippen LogP contribution in [0.15, 0.2) is 42.7 Å². The molecule has 2 aromatic carbocycles. The predicted molar refractivity (Wildman–Crippen MR) is 109 cm³/mol. The number of fused-ring (bicyclic) bond motifs is 1. The van der Waals surface area contributed by atoms with Gasteiger partial charge in [0.15, 0.2) is 0 Å². The van der Waals surface area contributed by atoms with Crippen molar-refractivity contribution in [1.29, 1.82) is 0 Å². The van der Waals surface area contributed by atoms with Gasteiger partial charge in [0.1, 0.15) is 6.33 Å². The normalized spacial score (nSPS) is 15.8. The second kappa shape index (κ2) is 7.82. The van der Waals surface area contributed by atoms with Crippen molar-refractivity contribution in [1.82, 2.24) is 14.8 Å². The van der Waals surface area contributed by atoms with Gasteiger partial charge in [-0.25, -0.2) is 9.18 Å². The number of hydrogen-bond donors (Lipinski definition) is 1. The SMILES string of the molecule is Cn1cnnc1C(F)(F)[C@](C)(F)c1cccc(N2Cc3c(cc(C(=O)O)cc3C(F)(F)F)C2=O)c1. The molecular formula is C22H16F6N4O3. The van der Waals surface area contributed by atoms with Gasteiger partial charge in [0.25, 0.3) is 5.91 Å². The van der Waals surface area contributed by atoms with E-state index in [-0.39, 0.29) is 5.69 Å². The second-order valence-corrected chi connectivity index (χ2v) is 8.14. The van der Waals surface area contributed by atoms with Gasteiger partial charge in [-0.05, 0) is 42.3 Å². The molecule has 184 valence electrons. The molecule has 13 heteroatoms. The van der Waals surface area contributed by atoms with E-state index in [1.54, 1.807) is 0 Å². The van der Waals surface area contributed by atoms with Crippen molar-refractivity contribution in [3.8, 4) is 0 Å². The van der Waals surface area contributed by atoms with E-state index in [1.807, 2.05) is 0 Å². The van der Waals surface area contributed by atoms with Crippen LogP contribution in [0.25, 0.3) is 0 Å². The molecule has 0 saturated heterocycles. The van der Waals surface area contributed by atoms with Crippen LogP contribution in [0.5, 0.6) is 0 Å². The maximum absolute atomic E-state index is 15.6. The minimum Gasteiger partial charge on any atom is -0.478 e. The van der Waals surface area contributed by atoms with Crippen LogP contribution in [-0.2, 0) is 31.4 Å². The minimum atomic E-state index is -4.96. The first-order valence-electron chi connectivity index (χ1n) is 9.97. The molecule has 1 N–H and O–H groups in total. The van der Waals surface area contributed by atoms with Gasteiger partial charge in [-0.15, -0.1) is 10.2 Å². The van der Waals surface area contributed by atoms with Crippen molar-refractivity contribution in [2.75, 3.05) is 4.90 Å². The molecule has 3 aromatic rings. The monoisotopic (exact) mass is 498 g/mol. The molecule has 2 heterocycles. The molecule has 7 nitrogen and oxygen atoms in total. The molecule has 0 radical (unpaired) electrons. The number of nitrogens with zero attached hydrogens (tertiary/aromatic N) is 4. The van der Waals surface area contributed by atoms with Crippen LogP contribution < -0.4 is 4.90 Å². The van der Waals surface area contributed by atoms with Crippen molar-refractivity contribution in [3.63, 3.8) is 0 Å². The van der Waals surface area contributed by atoms with E-state index in [1.165, 1.54) is 19.2 Å². The summed E-state index contributed by atoms with van der Waals surface area (Å²) in [6.07, 6.45) is -3.98. The van der Waals surface area contributed by atoms with E-state index in [0.29, 0.717) is 13.0 Å². The lowest BCUT2D eigenvalue weighted by Gasteiger charge is -2.30. The molecule has 0 saturated carbocycles. The molecule has 1 aliphatic rings. The Morgan fingerprint density at radius 1 is 1.09 bits per heavy atom. The number of halogens is 6. The summed E-state index contributed by atoms with van der Waals surface area (Å²) in [6, 6.07) is 5.65. The van der Waals surface area contributed by atoms with Crippen LogP contribution in [0.1, 0.15) is 50.2 Å². The van der Waals surface area contributed by atoms with Crippen molar-refractivity contribution in [3.05, 3.63) is 76.4 Å². The molecule has 0 bridgehead atoms. The third-order valence-electron chi connectivity index (χ3n) is 5.88. The lowest BCUT2D eigenvalue weighted by molar-refractivity contribution is -0.149. The smallest absolute Gasteiger partial charge is 0.416 e. The van der Waals surface area contributed by atoms with Crippen molar-refractivity contribution >= 4 is 17.6 Å². The fourth-order valence-corrected chi connectivity index (χ4v) is 3.92. The molecule has 1 aromatic heterocycles. The van der Waals surface area contributed by atoms with Crippen molar-refractivity contribution in [2.45, 2.75) is 31.2 Å². The van der Waals surface area contributed by atoms with E-state index < -0.39 is 69.8 Å². The van der Waals surface area contributed by atoms with Crippen LogP contribution in [-0.4, -0.2) is 31.7 Å². The first-order chi connectivity index (χ1) is 16.2. The molecular weight excluding hydrogens is 482 g/mol. The summed E-state index contributed by atoms with van der Waals surface area (Å²) in [7, 11) is 1.21. The number of rotatable bonds is 5. The van der Waals surface area contributed by atoms with Crippen molar-refractivity contribution in [2.24, 2.45) is 7.05 Å². The first-order valence-corrected chi connectivity index (χ1v) is 9.97. The fourth-order valence-electron chi connectivity index (χ4n) is 3.92. The molecule has 0 fully saturated rings. The Balaban J connectivity index is 1.77. The molecule has 1 atom stereocenters. The Labute approximate surface area is 193 Å². The number of aromatic nitrogens is 3. The second-order valence-electron chi connectivity index (χ2n) is 8.14. The molecule has 4 rings (SSSR count). The zero-order valence-electron chi connectivity index (χ0n) is 18.1. The largest absolute Gasteiger partial charge is 0.478 e. The maximum Gasteiger partial charge on any atom is 0.416 e. The molecule has 0 aliphatic carbocycles. The Hall–Kier alpha value is -3.90. The number of anilines is 1. The maximum atomic E-state index is 15.6. The predicted octanol–water partition coefficient (Wildman–Crippen LogP) is 4.67. The van der Waals surface area contributed by atoms with Crippen LogP contribution in [0.2, 0.25) is 0 Å². The van der Waals surface area contributed by atoms with E-state index in [0.717, 1.165) is 34.0 Å². The van der Waals surface area contributed by atoms with Gasteiger partial charge in [-0.2, -0.15) is 22.0 Å². The summed E-state index contributed by atoms with van der Waals surface area (Å²) < 4.78 is 87.3. The van der Waals surface area contributed by atoms with Crippen LogP contribution >= 0.6 is 0 Å². The Morgan fingerprint density at radius 3 is 2.34 bits per heavy atom. The molecule has 35 heavy (non-hydrogen) atoms. The fraction of sp³-hybridized carbons (Fsp3) is 0.273. The number of hydrogen-bond acceptors (Lipinski definition) is 4. The summed E-state index contributed by atoms with van der Waals surface area (Å²) in [4.78, 5) is 25.1. The van der Waals surface area contributed by atoms with Gasteiger partial charge in [-0.1, -0.05) is 12.1 Å². The van der Waals surface area contributed by atoms with E-state index in [2.05, 4.69) is 10.2 Å². The number of amides is 1. The average Bonchev–Trinajstić information content (AvgIpc) is 3.36. The number of aryl methyl sites for hydroxylation is 1. The van der Waals surface area contributed by atoms with Gasteiger partial charge in [-0.3, -0.25) is 4.79 Å².